The lowest BCUT2D eigenvalue weighted by Gasteiger charge is -2.24. The van der Waals surface area contributed by atoms with Crippen molar-refractivity contribution < 1.29 is 14.3 Å². The number of nitrogens with zero attached hydrogens (tertiary/aromatic N) is 1. The van der Waals surface area contributed by atoms with Crippen LogP contribution >= 0.6 is 11.6 Å². The Hall–Kier alpha value is -2.27. The minimum Gasteiger partial charge on any atom is -0.480 e. The molecule has 0 radical (unpaired) electrons. The molecule has 0 unspecified atom stereocenters. The van der Waals surface area contributed by atoms with E-state index in [0.717, 1.165) is 0 Å². The number of benzene rings is 2. The summed E-state index contributed by atoms with van der Waals surface area (Å²) in [4.78, 5) is 12.6. The van der Waals surface area contributed by atoms with Crippen LogP contribution in [0, 0.1) is 5.82 Å². The molecule has 2 aromatic carbocycles. The average molecular weight is 309 g/mol. The highest BCUT2D eigenvalue weighted by atomic mass is 35.5. The summed E-state index contributed by atoms with van der Waals surface area (Å²) < 4.78 is 13.1. The summed E-state index contributed by atoms with van der Waals surface area (Å²) in [5.74, 6) is -1.43. The molecule has 0 bridgehead atoms. The number of anilines is 2. The summed E-state index contributed by atoms with van der Waals surface area (Å²) >= 11 is 5.99. The fourth-order valence-electron chi connectivity index (χ4n) is 2.02. The summed E-state index contributed by atoms with van der Waals surface area (Å²) in [6, 6.07) is 11.0. The van der Waals surface area contributed by atoms with E-state index in [1.165, 1.54) is 18.2 Å². The molecule has 0 atom stereocenters. The molecule has 0 amide bonds. The third-order valence-electron chi connectivity index (χ3n) is 2.98. The second kappa shape index (κ2) is 6.45. The van der Waals surface area contributed by atoms with Gasteiger partial charge in [0.25, 0.3) is 0 Å². The number of nitrogens with two attached hydrogens (primary N) is 1. The molecule has 6 heteroatoms. The first-order valence-electron chi connectivity index (χ1n) is 6.22. The van der Waals surface area contributed by atoms with Crippen LogP contribution in [0.2, 0.25) is 5.02 Å². The van der Waals surface area contributed by atoms with Crippen LogP contribution in [0.4, 0.5) is 15.8 Å². The van der Waals surface area contributed by atoms with Crippen molar-refractivity contribution in [3.05, 3.63) is 58.9 Å². The maximum atomic E-state index is 13.1. The average Bonchev–Trinajstić information content (AvgIpc) is 2.41. The summed E-state index contributed by atoms with van der Waals surface area (Å²) in [5, 5.41) is 9.30. The Morgan fingerprint density at radius 1 is 1.29 bits per heavy atom. The lowest BCUT2D eigenvalue weighted by Crippen LogP contribution is -2.30. The first-order valence-corrected chi connectivity index (χ1v) is 6.60. The maximum Gasteiger partial charge on any atom is 0.323 e. The van der Waals surface area contributed by atoms with Crippen LogP contribution in [0.3, 0.4) is 0 Å². The fourth-order valence-corrected chi connectivity index (χ4v) is 2.25. The second-order valence-corrected chi connectivity index (χ2v) is 4.95. The van der Waals surface area contributed by atoms with E-state index >= 15 is 0 Å². The zero-order valence-electron chi connectivity index (χ0n) is 11.1. The molecule has 0 saturated heterocycles. The van der Waals surface area contributed by atoms with Crippen LogP contribution in [-0.4, -0.2) is 17.6 Å². The van der Waals surface area contributed by atoms with E-state index < -0.39 is 11.8 Å². The molecular formula is C15H14ClFN2O2. The van der Waals surface area contributed by atoms with Crippen molar-refractivity contribution in [2.24, 2.45) is 0 Å². The Balaban J connectivity index is 2.33. The molecule has 0 aromatic heterocycles. The van der Waals surface area contributed by atoms with Gasteiger partial charge in [0.05, 0.1) is 11.4 Å². The van der Waals surface area contributed by atoms with Gasteiger partial charge in [0.1, 0.15) is 12.4 Å². The van der Waals surface area contributed by atoms with Gasteiger partial charge in [-0.3, -0.25) is 4.79 Å². The van der Waals surface area contributed by atoms with Gasteiger partial charge in [0.2, 0.25) is 0 Å². The van der Waals surface area contributed by atoms with Crippen molar-refractivity contribution in [2.75, 3.05) is 17.2 Å². The van der Waals surface area contributed by atoms with Crippen LogP contribution in [0.5, 0.6) is 0 Å². The van der Waals surface area contributed by atoms with Gasteiger partial charge in [0.15, 0.2) is 0 Å². The van der Waals surface area contributed by atoms with Gasteiger partial charge in [-0.1, -0.05) is 29.8 Å². The minimum absolute atomic E-state index is 0.222. The number of rotatable bonds is 5. The highest BCUT2D eigenvalue weighted by Crippen LogP contribution is 2.26. The molecule has 0 aliphatic heterocycles. The molecule has 0 saturated carbocycles. The van der Waals surface area contributed by atoms with Gasteiger partial charge in [-0.25, -0.2) is 4.39 Å². The Morgan fingerprint density at radius 2 is 2.00 bits per heavy atom. The summed E-state index contributed by atoms with van der Waals surface area (Å²) in [5.41, 5.74) is 7.58. The Bertz CT molecular complexity index is 664. The Labute approximate surface area is 126 Å². The van der Waals surface area contributed by atoms with Crippen LogP contribution in [0.25, 0.3) is 0 Å². The van der Waals surface area contributed by atoms with E-state index in [2.05, 4.69) is 0 Å². The molecular weight excluding hydrogens is 295 g/mol. The van der Waals surface area contributed by atoms with Crippen LogP contribution in [0.15, 0.2) is 42.5 Å². The van der Waals surface area contributed by atoms with Gasteiger partial charge in [-0.05, 0) is 29.8 Å². The fraction of sp³-hybridized carbons (Fsp3) is 0.133. The number of hydrogen-bond donors (Lipinski definition) is 2. The molecule has 2 rings (SSSR count). The topological polar surface area (TPSA) is 66.6 Å². The standard InChI is InChI=1S/C15H14ClFN2O2/c16-12-7-11(17)6-5-10(12)8-19(9-15(20)21)14-4-2-1-3-13(14)18/h1-7H,8-9,18H2,(H,20,21). The number of hydrogen-bond acceptors (Lipinski definition) is 3. The zero-order valence-corrected chi connectivity index (χ0v) is 11.8. The maximum absolute atomic E-state index is 13.1. The third-order valence-corrected chi connectivity index (χ3v) is 3.33. The molecule has 2 aromatic rings. The normalized spacial score (nSPS) is 10.4. The van der Waals surface area contributed by atoms with E-state index in [-0.39, 0.29) is 18.1 Å². The summed E-state index contributed by atoms with van der Waals surface area (Å²) in [6.07, 6.45) is 0. The van der Waals surface area contributed by atoms with Crippen molar-refractivity contribution in [3.8, 4) is 0 Å². The number of aliphatic carboxylic acids is 1. The van der Waals surface area contributed by atoms with Crippen molar-refractivity contribution in [1.82, 2.24) is 0 Å². The van der Waals surface area contributed by atoms with Crippen LogP contribution < -0.4 is 10.6 Å². The molecule has 0 aliphatic carbocycles. The molecule has 3 N–H and O–H groups in total. The van der Waals surface area contributed by atoms with Gasteiger partial charge in [-0.2, -0.15) is 0 Å². The van der Waals surface area contributed by atoms with Crippen LogP contribution in [0.1, 0.15) is 5.56 Å². The number of carboxylic acids is 1. The van der Waals surface area contributed by atoms with E-state index in [1.807, 2.05) is 0 Å². The number of carboxylic acid groups (broad SMARTS) is 1. The zero-order chi connectivity index (χ0) is 15.4. The highest BCUT2D eigenvalue weighted by molar-refractivity contribution is 6.31. The highest BCUT2D eigenvalue weighted by Gasteiger charge is 2.15. The van der Waals surface area contributed by atoms with Gasteiger partial charge < -0.3 is 15.7 Å². The van der Waals surface area contributed by atoms with E-state index in [9.17, 15) is 9.18 Å². The molecule has 4 nitrogen and oxygen atoms in total. The van der Waals surface area contributed by atoms with E-state index in [0.29, 0.717) is 16.9 Å². The van der Waals surface area contributed by atoms with Crippen molar-refractivity contribution in [3.63, 3.8) is 0 Å². The first kappa shape index (κ1) is 15.1. The predicted octanol–water partition coefficient (Wildman–Crippen LogP) is 3.15. The molecule has 110 valence electrons. The predicted molar refractivity (Wildman–Crippen MR) is 81.0 cm³/mol. The third kappa shape index (κ3) is 3.86. The SMILES string of the molecule is Nc1ccccc1N(CC(=O)O)Cc1ccc(F)cc1Cl. The molecule has 0 heterocycles. The molecule has 21 heavy (non-hydrogen) atoms. The van der Waals surface area contributed by atoms with Gasteiger partial charge in [0, 0.05) is 11.6 Å². The molecule has 0 aliphatic rings. The van der Waals surface area contributed by atoms with Gasteiger partial charge >= 0.3 is 5.97 Å². The van der Waals surface area contributed by atoms with Crippen molar-refractivity contribution in [1.29, 1.82) is 0 Å². The van der Waals surface area contributed by atoms with E-state index in [4.69, 9.17) is 22.4 Å². The molecule has 0 spiro atoms. The Morgan fingerprint density at radius 3 is 2.62 bits per heavy atom. The van der Waals surface area contributed by atoms with Crippen molar-refractivity contribution >= 4 is 28.9 Å². The lowest BCUT2D eigenvalue weighted by atomic mass is 10.1. The monoisotopic (exact) mass is 308 g/mol. The summed E-state index contributed by atoms with van der Waals surface area (Å²) in [7, 11) is 0. The first-order chi connectivity index (χ1) is 9.97. The van der Waals surface area contributed by atoms with E-state index in [1.54, 1.807) is 29.2 Å². The summed E-state index contributed by atoms with van der Waals surface area (Å²) in [6.45, 7) is -0.0124. The lowest BCUT2D eigenvalue weighted by molar-refractivity contribution is -0.135. The minimum atomic E-state index is -0.989. The number of nitrogen functional groups attached to an aromatic ring is 1. The molecule has 0 fully saturated rings. The number of carbonyl (C=O) groups is 1. The smallest absolute Gasteiger partial charge is 0.323 e. The van der Waals surface area contributed by atoms with Crippen molar-refractivity contribution in [2.45, 2.75) is 6.54 Å². The van der Waals surface area contributed by atoms with Gasteiger partial charge in [-0.15, -0.1) is 0 Å². The quantitative estimate of drug-likeness (QED) is 0.833. The Kier molecular flexibility index (Phi) is 4.65. The number of para-hydroxylation sites is 2. The second-order valence-electron chi connectivity index (χ2n) is 4.54. The van der Waals surface area contributed by atoms with Crippen LogP contribution in [-0.2, 0) is 11.3 Å². The number of halogens is 2. The largest absolute Gasteiger partial charge is 0.480 e.